The van der Waals surface area contributed by atoms with Gasteiger partial charge in [-0.15, -0.1) is 0 Å². The summed E-state index contributed by atoms with van der Waals surface area (Å²) in [4.78, 5) is 33.4. The summed E-state index contributed by atoms with van der Waals surface area (Å²) in [6, 6.07) is 15.1. The topological polar surface area (TPSA) is 152 Å². The summed E-state index contributed by atoms with van der Waals surface area (Å²) in [5, 5.41) is 11.2. The zero-order valence-corrected chi connectivity index (χ0v) is 20.7. The molecule has 2 aromatic carbocycles. The number of carbonyl (C=O) groups is 2. The van der Waals surface area contributed by atoms with Gasteiger partial charge < -0.3 is 20.2 Å². The van der Waals surface area contributed by atoms with E-state index < -0.39 is 32.6 Å². The zero-order valence-electron chi connectivity index (χ0n) is 19.8. The van der Waals surface area contributed by atoms with Crippen LogP contribution in [0.3, 0.4) is 0 Å². The second kappa shape index (κ2) is 10.1. The molecule has 0 saturated carbocycles. The van der Waals surface area contributed by atoms with Crippen LogP contribution in [0.5, 0.6) is 0 Å². The van der Waals surface area contributed by atoms with Crippen LogP contribution in [0.15, 0.2) is 64.6 Å². The lowest BCUT2D eigenvalue weighted by Crippen LogP contribution is -2.53. The van der Waals surface area contributed by atoms with Crippen LogP contribution < -0.4 is 5.73 Å². The van der Waals surface area contributed by atoms with Crippen molar-refractivity contribution in [2.75, 3.05) is 20.2 Å². The van der Waals surface area contributed by atoms with Crippen molar-refractivity contribution in [3.05, 3.63) is 65.7 Å². The van der Waals surface area contributed by atoms with Crippen molar-refractivity contribution in [1.82, 2.24) is 4.90 Å². The van der Waals surface area contributed by atoms with E-state index in [0.717, 1.165) is 0 Å². The molecule has 1 amide bonds. The van der Waals surface area contributed by atoms with Crippen LogP contribution in [0.1, 0.15) is 36.8 Å². The van der Waals surface area contributed by atoms with Crippen molar-refractivity contribution < 1.29 is 27.6 Å². The Labute approximate surface area is 209 Å². The fourth-order valence-corrected chi connectivity index (χ4v) is 6.30. The van der Waals surface area contributed by atoms with Crippen LogP contribution >= 0.6 is 0 Å². The number of ether oxygens (including phenoxy) is 1. The molecule has 1 saturated heterocycles. The first kappa shape index (κ1) is 25.4. The molecule has 1 unspecified atom stereocenters. The van der Waals surface area contributed by atoms with Crippen LogP contribution in [0, 0.1) is 5.41 Å². The fraction of sp³-hybridized carbons (Fsp3) is 0.360. The van der Waals surface area contributed by atoms with Crippen molar-refractivity contribution >= 4 is 33.3 Å². The molecule has 0 bridgehead atoms. The number of piperidine rings is 1. The quantitative estimate of drug-likeness (QED) is 0.326. The number of nitrogen functional groups attached to an aromatic ring is 1. The summed E-state index contributed by atoms with van der Waals surface area (Å²) in [7, 11) is -2.29. The van der Waals surface area contributed by atoms with Gasteiger partial charge in [-0.25, -0.2) is 8.42 Å². The van der Waals surface area contributed by atoms with Crippen LogP contribution in [0.2, 0.25) is 0 Å². The Morgan fingerprint density at radius 3 is 2.50 bits per heavy atom. The molecule has 1 fully saturated rings. The van der Waals surface area contributed by atoms with Crippen LogP contribution in [-0.2, 0) is 29.0 Å². The molecule has 0 radical (unpaired) electrons. The molecule has 3 N–H and O–H groups in total. The molecule has 0 spiro atoms. The third-order valence-electron chi connectivity index (χ3n) is 6.58. The molecule has 0 aliphatic carbocycles. The number of benzene rings is 2. The van der Waals surface area contributed by atoms with Gasteiger partial charge in [-0.1, -0.05) is 41.6 Å². The van der Waals surface area contributed by atoms with Crippen LogP contribution in [0.25, 0.3) is 0 Å². The monoisotopic (exact) mass is 512 g/mol. The Morgan fingerprint density at radius 1 is 1.17 bits per heavy atom. The standard InChI is InChI=1S/C25H28N4O6S/c1-34-22(30)16-25(15-21(28-35-25)17-6-5-7-18(14-17)23(26)27)24(31)29-12-10-20(11-13-29)36(32,33)19-8-3-2-4-9-19/h2-9,14,20H,10-13,15-16H2,1H3,(H3,26,27). The smallest absolute Gasteiger partial charge is 0.310 e. The number of esters is 1. The number of amidine groups is 1. The second-order valence-electron chi connectivity index (χ2n) is 8.90. The van der Waals surface area contributed by atoms with Gasteiger partial charge in [0.05, 0.1) is 29.4 Å². The fourth-order valence-electron chi connectivity index (χ4n) is 4.55. The minimum atomic E-state index is -3.52. The maximum absolute atomic E-state index is 13.7. The number of methoxy groups -OCH3 is 1. The number of likely N-dealkylation sites (tertiary alicyclic amines) is 1. The second-order valence-corrected chi connectivity index (χ2v) is 11.1. The molecule has 190 valence electrons. The van der Waals surface area contributed by atoms with Crippen LogP contribution in [0.4, 0.5) is 0 Å². The first-order valence-corrected chi connectivity index (χ1v) is 13.1. The molecule has 10 nitrogen and oxygen atoms in total. The lowest BCUT2D eigenvalue weighted by Gasteiger charge is -2.36. The summed E-state index contributed by atoms with van der Waals surface area (Å²) in [5.74, 6) is -1.18. The molecule has 11 heteroatoms. The van der Waals surface area contributed by atoms with E-state index in [4.69, 9.17) is 20.7 Å². The van der Waals surface area contributed by atoms with Gasteiger partial charge in [0.2, 0.25) is 5.60 Å². The Morgan fingerprint density at radius 2 is 1.86 bits per heavy atom. The van der Waals surface area contributed by atoms with Crippen molar-refractivity contribution in [1.29, 1.82) is 5.41 Å². The van der Waals surface area contributed by atoms with Gasteiger partial charge in [0, 0.05) is 30.6 Å². The normalized spacial score (nSPS) is 20.4. The van der Waals surface area contributed by atoms with Gasteiger partial charge >= 0.3 is 5.97 Å². The molecule has 2 aliphatic rings. The zero-order chi connectivity index (χ0) is 25.9. The predicted molar refractivity (Wildman–Crippen MR) is 132 cm³/mol. The highest BCUT2D eigenvalue weighted by molar-refractivity contribution is 7.92. The summed E-state index contributed by atoms with van der Waals surface area (Å²) < 4.78 is 30.8. The predicted octanol–water partition coefficient (Wildman–Crippen LogP) is 1.86. The van der Waals surface area contributed by atoms with Crippen molar-refractivity contribution in [2.45, 2.75) is 41.4 Å². The minimum absolute atomic E-state index is 0.0184. The number of amides is 1. The first-order chi connectivity index (χ1) is 17.2. The number of hydrogen-bond acceptors (Lipinski definition) is 8. The lowest BCUT2D eigenvalue weighted by atomic mass is 9.88. The number of nitrogens with zero attached hydrogens (tertiary/aromatic N) is 2. The van der Waals surface area contributed by atoms with Gasteiger partial charge in [0.25, 0.3) is 5.91 Å². The molecular formula is C25H28N4O6S. The van der Waals surface area contributed by atoms with E-state index in [9.17, 15) is 18.0 Å². The number of nitrogens with two attached hydrogens (primary N) is 1. The van der Waals surface area contributed by atoms with E-state index in [1.54, 1.807) is 54.6 Å². The Hall–Kier alpha value is -3.73. The number of nitrogens with one attached hydrogen (secondary N) is 1. The van der Waals surface area contributed by atoms with E-state index in [1.807, 2.05) is 0 Å². The summed E-state index contributed by atoms with van der Waals surface area (Å²) in [5.41, 5.74) is 5.55. The summed E-state index contributed by atoms with van der Waals surface area (Å²) in [6.07, 6.45) is 0.214. The third kappa shape index (κ3) is 4.97. The van der Waals surface area contributed by atoms with E-state index in [0.29, 0.717) is 16.8 Å². The Balaban J connectivity index is 1.51. The lowest BCUT2D eigenvalue weighted by molar-refractivity contribution is -0.165. The van der Waals surface area contributed by atoms with Gasteiger partial charge in [0.1, 0.15) is 5.84 Å². The van der Waals surface area contributed by atoms with Crippen molar-refractivity contribution in [2.24, 2.45) is 10.9 Å². The van der Waals surface area contributed by atoms with Crippen LogP contribution in [-0.4, -0.2) is 67.8 Å². The number of carbonyl (C=O) groups excluding carboxylic acids is 2. The molecule has 4 rings (SSSR count). The number of sulfone groups is 1. The molecule has 1 atom stereocenters. The molecule has 2 heterocycles. The largest absolute Gasteiger partial charge is 0.469 e. The minimum Gasteiger partial charge on any atom is -0.469 e. The highest BCUT2D eigenvalue weighted by Crippen LogP contribution is 2.34. The molecular weight excluding hydrogens is 484 g/mol. The first-order valence-electron chi connectivity index (χ1n) is 11.5. The Kier molecular flexibility index (Phi) is 7.11. The van der Waals surface area contributed by atoms with Gasteiger partial charge in [-0.05, 0) is 31.0 Å². The molecule has 2 aromatic rings. The number of hydrogen-bond donors (Lipinski definition) is 2. The molecule has 36 heavy (non-hydrogen) atoms. The van der Waals surface area contributed by atoms with E-state index in [-0.39, 0.29) is 49.5 Å². The van der Waals surface area contributed by atoms with E-state index >= 15 is 0 Å². The number of oxime groups is 1. The van der Waals surface area contributed by atoms with Gasteiger partial charge in [0.15, 0.2) is 9.84 Å². The van der Waals surface area contributed by atoms with Gasteiger partial charge in [-0.2, -0.15) is 0 Å². The van der Waals surface area contributed by atoms with Crippen molar-refractivity contribution in [3.63, 3.8) is 0 Å². The highest BCUT2D eigenvalue weighted by Gasteiger charge is 2.51. The highest BCUT2D eigenvalue weighted by atomic mass is 32.2. The molecule has 2 aliphatic heterocycles. The summed E-state index contributed by atoms with van der Waals surface area (Å²) >= 11 is 0. The van der Waals surface area contributed by atoms with E-state index in [2.05, 4.69) is 5.16 Å². The summed E-state index contributed by atoms with van der Waals surface area (Å²) in [6.45, 7) is 0.411. The third-order valence-corrected chi connectivity index (χ3v) is 8.86. The average Bonchev–Trinajstić information content (AvgIpc) is 3.34. The van der Waals surface area contributed by atoms with Gasteiger partial charge in [-0.3, -0.25) is 15.0 Å². The maximum atomic E-state index is 13.7. The maximum Gasteiger partial charge on any atom is 0.310 e. The SMILES string of the molecule is COC(=O)CC1(C(=O)N2CCC(S(=O)(=O)c3ccccc3)CC2)CC(c2cccc(C(=N)N)c2)=NO1. The molecule has 0 aromatic heterocycles. The van der Waals surface area contributed by atoms with Crippen molar-refractivity contribution in [3.8, 4) is 0 Å². The Bertz CT molecular complexity index is 1300. The number of rotatable bonds is 7. The average molecular weight is 513 g/mol. The van der Waals surface area contributed by atoms with E-state index in [1.165, 1.54) is 12.0 Å².